The highest BCUT2D eigenvalue weighted by atomic mass is 15.1. The van der Waals surface area contributed by atoms with E-state index in [9.17, 15) is 0 Å². The fourth-order valence-corrected chi connectivity index (χ4v) is 14.5. The zero-order chi connectivity index (χ0) is 39.9. The molecular formula is C60H45N. The third-order valence-electron chi connectivity index (χ3n) is 16.5. The zero-order valence-electron chi connectivity index (χ0n) is 34.1. The van der Waals surface area contributed by atoms with Crippen LogP contribution in [0.5, 0.6) is 0 Å². The Hall–Kier alpha value is -6.70. The van der Waals surface area contributed by atoms with Gasteiger partial charge in [0, 0.05) is 22.4 Å². The van der Waals surface area contributed by atoms with Crippen LogP contribution in [0.15, 0.2) is 200 Å². The SMILES string of the molecule is c1ccc(-c2cccc3cccc(-c4ccccc4N(c4ccc(-c5cccc6ccccc56)cc4)c4ccc5c(c4)C4(c6ccccc6-5)C5CC6CC7CC4C75C6)c23)cc1. The highest BCUT2D eigenvalue weighted by molar-refractivity contribution is 6.09. The number of hydrogen-bond acceptors (Lipinski definition) is 1. The summed E-state index contributed by atoms with van der Waals surface area (Å²) >= 11 is 0. The van der Waals surface area contributed by atoms with Crippen molar-refractivity contribution in [3.05, 3.63) is 211 Å². The Labute approximate surface area is 358 Å². The fraction of sp³-hybridized carbons (Fsp3) is 0.167. The van der Waals surface area contributed by atoms with Gasteiger partial charge in [0.25, 0.3) is 0 Å². The first kappa shape index (κ1) is 34.1. The maximum Gasteiger partial charge on any atom is 0.0540 e. The lowest BCUT2D eigenvalue weighted by molar-refractivity contribution is -0.231. The first-order valence-electron chi connectivity index (χ1n) is 22.5. The fourth-order valence-electron chi connectivity index (χ4n) is 14.5. The summed E-state index contributed by atoms with van der Waals surface area (Å²) in [4.78, 5) is 2.57. The van der Waals surface area contributed by atoms with Gasteiger partial charge in [-0.25, -0.2) is 0 Å². The van der Waals surface area contributed by atoms with Gasteiger partial charge in [0.05, 0.1) is 5.69 Å². The summed E-state index contributed by atoms with van der Waals surface area (Å²) < 4.78 is 0. The Morgan fingerprint density at radius 1 is 0.410 bits per heavy atom. The molecule has 5 aliphatic carbocycles. The molecule has 0 aromatic heterocycles. The number of hydrogen-bond donors (Lipinski definition) is 0. The van der Waals surface area contributed by atoms with E-state index in [-0.39, 0.29) is 5.41 Å². The summed E-state index contributed by atoms with van der Waals surface area (Å²) in [5.74, 6) is 3.39. The van der Waals surface area contributed by atoms with Crippen molar-refractivity contribution in [1.29, 1.82) is 0 Å². The van der Waals surface area contributed by atoms with E-state index in [0.29, 0.717) is 5.41 Å². The average Bonchev–Trinajstić information content (AvgIpc) is 3.96. The second-order valence-corrected chi connectivity index (χ2v) is 18.8. The molecule has 4 fully saturated rings. The Morgan fingerprint density at radius 3 is 1.89 bits per heavy atom. The summed E-state index contributed by atoms with van der Waals surface area (Å²) in [7, 11) is 0. The second kappa shape index (κ2) is 12.4. The smallest absolute Gasteiger partial charge is 0.0540 e. The monoisotopic (exact) mass is 779 g/mol. The molecule has 1 heteroatoms. The Kier molecular flexibility index (Phi) is 6.94. The molecule has 0 heterocycles. The first-order chi connectivity index (χ1) is 30.2. The van der Waals surface area contributed by atoms with Gasteiger partial charge >= 0.3 is 0 Å². The highest BCUT2D eigenvalue weighted by Gasteiger charge is 2.84. The molecule has 0 N–H and O–H groups in total. The number of nitrogens with zero attached hydrogens (tertiary/aromatic N) is 1. The van der Waals surface area contributed by atoms with E-state index in [2.05, 4.69) is 205 Å². The van der Waals surface area contributed by atoms with Crippen molar-refractivity contribution >= 4 is 38.6 Å². The predicted octanol–water partition coefficient (Wildman–Crippen LogP) is 15.8. The van der Waals surface area contributed by atoms with Crippen LogP contribution in [0, 0.1) is 29.1 Å². The minimum Gasteiger partial charge on any atom is -0.310 e. The van der Waals surface area contributed by atoms with Crippen molar-refractivity contribution in [3.63, 3.8) is 0 Å². The number of fused-ring (bicyclic) bond motifs is 10. The van der Waals surface area contributed by atoms with Gasteiger partial charge in [0.1, 0.15) is 0 Å². The normalized spacial score (nSPS) is 24.6. The van der Waals surface area contributed by atoms with E-state index < -0.39 is 0 Å². The molecule has 9 aromatic carbocycles. The molecule has 2 spiro atoms. The third-order valence-corrected chi connectivity index (χ3v) is 16.5. The van der Waals surface area contributed by atoms with Gasteiger partial charge in [-0.3, -0.25) is 0 Å². The van der Waals surface area contributed by atoms with Gasteiger partial charge in [-0.05, 0) is 157 Å². The molecule has 5 aliphatic rings. The molecule has 61 heavy (non-hydrogen) atoms. The average molecular weight is 780 g/mol. The lowest BCUT2D eigenvalue weighted by atomic mass is 9.27. The largest absolute Gasteiger partial charge is 0.310 e. The van der Waals surface area contributed by atoms with Crippen LogP contribution in [0.25, 0.3) is 66.1 Å². The van der Waals surface area contributed by atoms with E-state index in [1.54, 1.807) is 11.1 Å². The lowest BCUT2D eigenvalue weighted by Gasteiger charge is -2.76. The molecule has 6 atom stereocenters. The van der Waals surface area contributed by atoms with Crippen LogP contribution in [0.4, 0.5) is 17.1 Å². The van der Waals surface area contributed by atoms with Crippen LogP contribution >= 0.6 is 0 Å². The predicted molar refractivity (Wildman–Crippen MR) is 254 cm³/mol. The summed E-state index contributed by atoms with van der Waals surface area (Å²) in [5.41, 5.74) is 17.9. The molecule has 290 valence electrons. The number of para-hydroxylation sites is 1. The van der Waals surface area contributed by atoms with Crippen molar-refractivity contribution in [2.45, 2.75) is 31.1 Å². The Morgan fingerprint density at radius 2 is 1.03 bits per heavy atom. The molecule has 0 saturated heterocycles. The zero-order valence-corrected chi connectivity index (χ0v) is 34.1. The quantitative estimate of drug-likeness (QED) is 0.162. The van der Waals surface area contributed by atoms with Crippen LogP contribution < -0.4 is 4.90 Å². The number of rotatable bonds is 6. The maximum absolute atomic E-state index is 2.65. The number of benzene rings is 9. The minimum absolute atomic E-state index is 0.122. The van der Waals surface area contributed by atoms with Gasteiger partial charge in [0.15, 0.2) is 0 Å². The molecule has 4 saturated carbocycles. The molecule has 2 bridgehead atoms. The molecule has 0 radical (unpaired) electrons. The maximum atomic E-state index is 2.65. The van der Waals surface area contributed by atoms with Crippen molar-refractivity contribution in [2.75, 3.05) is 4.90 Å². The summed E-state index contributed by atoms with van der Waals surface area (Å²) in [6.45, 7) is 0. The second-order valence-electron chi connectivity index (χ2n) is 18.8. The van der Waals surface area contributed by atoms with Crippen LogP contribution in [-0.2, 0) is 5.41 Å². The summed E-state index contributed by atoms with van der Waals surface area (Å²) in [6, 6.07) is 75.5. The Bertz CT molecular complexity index is 3240. The van der Waals surface area contributed by atoms with E-state index >= 15 is 0 Å². The summed E-state index contributed by atoms with van der Waals surface area (Å²) in [6.07, 6.45) is 5.76. The van der Waals surface area contributed by atoms with Crippen molar-refractivity contribution in [3.8, 4) is 44.5 Å². The van der Waals surface area contributed by atoms with Gasteiger partial charge in [-0.1, -0.05) is 170 Å². The topological polar surface area (TPSA) is 3.24 Å². The van der Waals surface area contributed by atoms with E-state index in [1.165, 1.54) is 103 Å². The van der Waals surface area contributed by atoms with Gasteiger partial charge in [-0.2, -0.15) is 0 Å². The van der Waals surface area contributed by atoms with E-state index in [0.717, 1.165) is 29.4 Å². The first-order valence-corrected chi connectivity index (χ1v) is 22.5. The van der Waals surface area contributed by atoms with Crippen molar-refractivity contribution in [1.82, 2.24) is 0 Å². The van der Waals surface area contributed by atoms with Crippen LogP contribution in [0.1, 0.15) is 36.8 Å². The van der Waals surface area contributed by atoms with Gasteiger partial charge in [0.2, 0.25) is 0 Å². The molecule has 9 aromatic rings. The lowest BCUT2D eigenvalue weighted by Crippen LogP contribution is -2.73. The van der Waals surface area contributed by atoms with E-state index in [1.807, 2.05) is 0 Å². The van der Waals surface area contributed by atoms with Crippen molar-refractivity contribution in [2.24, 2.45) is 29.1 Å². The molecule has 0 aliphatic heterocycles. The van der Waals surface area contributed by atoms with Crippen LogP contribution in [-0.4, -0.2) is 0 Å². The summed E-state index contributed by atoms with van der Waals surface area (Å²) in [5, 5.41) is 5.09. The highest BCUT2D eigenvalue weighted by Crippen LogP contribution is 2.89. The molecule has 6 unspecified atom stereocenters. The minimum atomic E-state index is 0.122. The molecule has 1 nitrogen and oxygen atoms in total. The van der Waals surface area contributed by atoms with E-state index in [4.69, 9.17) is 0 Å². The standard InChI is InChI=1S/C60H45N/c1-2-13-40(14-3-1)48-23-11-17-42-18-12-24-52(58(42)48)51-21-7-9-26-55(51)61(44-29-27-41(28-30-44)47-22-10-16-39-15-4-5-19-46(39)47)45-31-32-50-49-20-6-8-25-53(49)60(54(50)36-45)56-34-38-33-43-35-57(60)59(43,56)37-38/h1-32,36,38,43,56-57H,33-35,37H2. The molecule has 0 amide bonds. The molecular weight excluding hydrogens is 735 g/mol. The number of anilines is 3. The van der Waals surface area contributed by atoms with Crippen LogP contribution in [0.2, 0.25) is 0 Å². The third kappa shape index (κ3) is 4.41. The van der Waals surface area contributed by atoms with Gasteiger partial charge < -0.3 is 4.90 Å². The molecule has 14 rings (SSSR count). The van der Waals surface area contributed by atoms with Crippen LogP contribution in [0.3, 0.4) is 0 Å². The Balaban J connectivity index is 0.987. The van der Waals surface area contributed by atoms with Gasteiger partial charge in [-0.15, -0.1) is 0 Å². The van der Waals surface area contributed by atoms with Crippen molar-refractivity contribution < 1.29 is 0 Å².